The van der Waals surface area contributed by atoms with Crippen molar-refractivity contribution >= 4 is 18.0 Å². The second-order valence-electron chi connectivity index (χ2n) is 4.90. The third-order valence-electron chi connectivity index (χ3n) is 3.45. The number of carbonyl (C=O) groups is 2. The predicted molar refractivity (Wildman–Crippen MR) is 81.7 cm³/mol. The SMILES string of the molecule is COc1ccc(-n2c(C)ccc2/C=C2/NC(=O)NC2=O)cc1. The highest BCUT2D eigenvalue weighted by Gasteiger charge is 2.23. The first kappa shape index (κ1) is 13.9. The van der Waals surface area contributed by atoms with Crippen LogP contribution in [0.1, 0.15) is 11.4 Å². The van der Waals surface area contributed by atoms with Crippen molar-refractivity contribution < 1.29 is 14.3 Å². The molecule has 2 aromatic rings. The van der Waals surface area contributed by atoms with Gasteiger partial charge in [-0.15, -0.1) is 0 Å². The van der Waals surface area contributed by atoms with Gasteiger partial charge in [-0.05, 0) is 49.4 Å². The van der Waals surface area contributed by atoms with Crippen molar-refractivity contribution in [2.24, 2.45) is 0 Å². The molecule has 1 fully saturated rings. The summed E-state index contributed by atoms with van der Waals surface area (Å²) in [7, 11) is 1.62. The lowest BCUT2D eigenvalue weighted by molar-refractivity contribution is -0.115. The van der Waals surface area contributed by atoms with E-state index in [4.69, 9.17) is 4.74 Å². The molecule has 6 heteroatoms. The maximum Gasteiger partial charge on any atom is 0.326 e. The predicted octanol–water partition coefficient (Wildman–Crippen LogP) is 1.97. The topological polar surface area (TPSA) is 72.4 Å². The molecule has 22 heavy (non-hydrogen) atoms. The minimum atomic E-state index is -0.504. The number of carbonyl (C=O) groups excluding carboxylic acids is 2. The monoisotopic (exact) mass is 297 g/mol. The summed E-state index contributed by atoms with van der Waals surface area (Å²) in [5, 5.41) is 4.67. The molecule has 0 unspecified atom stereocenters. The molecule has 0 aliphatic carbocycles. The van der Waals surface area contributed by atoms with Gasteiger partial charge < -0.3 is 14.6 Å². The largest absolute Gasteiger partial charge is 0.497 e. The molecule has 3 amide bonds. The van der Waals surface area contributed by atoms with Crippen molar-refractivity contribution in [2.45, 2.75) is 6.92 Å². The quantitative estimate of drug-likeness (QED) is 0.672. The van der Waals surface area contributed by atoms with Gasteiger partial charge in [0.25, 0.3) is 5.91 Å². The summed E-state index contributed by atoms with van der Waals surface area (Å²) < 4.78 is 7.15. The van der Waals surface area contributed by atoms with Crippen LogP contribution in [0.3, 0.4) is 0 Å². The van der Waals surface area contributed by atoms with Crippen LogP contribution in [-0.2, 0) is 4.79 Å². The van der Waals surface area contributed by atoms with Crippen molar-refractivity contribution in [1.29, 1.82) is 0 Å². The zero-order valence-corrected chi connectivity index (χ0v) is 12.2. The second-order valence-corrected chi connectivity index (χ2v) is 4.90. The van der Waals surface area contributed by atoms with Crippen LogP contribution in [0.15, 0.2) is 42.1 Å². The number of imide groups is 1. The highest BCUT2D eigenvalue weighted by Crippen LogP contribution is 2.21. The summed E-state index contributed by atoms with van der Waals surface area (Å²) in [5.41, 5.74) is 2.99. The van der Waals surface area contributed by atoms with Crippen molar-refractivity contribution in [1.82, 2.24) is 15.2 Å². The average molecular weight is 297 g/mol. The van der Waals surface area contributed by atoms with Crippen molar-refractivity contribution in [3.05, 3.63) is 53.5 Å². The molecule has 2 heterocycles. The molecule has 3 rings (SSSR count). The van der Waals surface area contributed by atoms with Crippen LogP contribution in [0.25, 0.3) is 11.8 Å². The summed E-state index contributed by atoms with van der Waals surface area (Å²) in [4.78, 5) is 22.8. The van der Waals surface area contributed by atoms with Crippen LogP contribution in [-0.4, -0.2) is 23.6 Å². The molecular formula is C16H15N3O3. The fourth-order valence-electron chi connectivity index (χ4n) is 2.39. The Kier molecular flexibility index (Phi) is 3.42. The van der Waals surface area contributed by atoms with Crippen LogP contribution < -0.4 is 15.4 Å². The molecule has 0 bridgehead atoms. The number of methoxy groups -OCH3 is 1. The number of hydrogen-bond acceptors (Lipinski definition) is 3. The molecule has 1 saturated heterocycles. The van der Waals surface area contributed by atoms with Gasteiger partial charge in [-0.2, -0.15) is 0 Å². The normalized spacial score (nSPS) is 15.8. The summed E-state index contributed by atoms with van der Waals surface area (Å²) in [5.74, 6) is 0.348. The van der Waals surface area contributed by atoms with Crippen LogP contribution in [0.5, 0.6) is 5.75 Å². The number of hydrogen-bond donors (Lipinski definition) is 2. The van der Waals surface area contributed by atoms with Gasteiger partial charge in [-0.25, -0.2) is 4.79 Å². The highest BCUT2D eigenvalue weighted by molar-refractivity contribution is 6.13. The molecule has 1 aliphatic rings. The van der Waals surface area contributed by atoms with E-state index in [9.17, 15) is 9.59 Å². The minimum absolute atomic E-state index is 0.234. The fourth-order valence-corrected chi connectivity index (χ4v) is 2.39. The number of aryl methyl sites for hydroxylation is 1. The molecular weight excluding hydrogens is 282 g/mol. The lowest BCUT2D eigenvalue weighted by atomic mass is 10.2. The van der Waals surface area contributed by atoms with Gasteiger partial charge in [0.15, 0.2) is 0 Å². The van der Waals surface area contributed by atoms with Gasteiger partial charge in [-0.1, -0.05) is 0 Å². The van der Waals surface area contributed by atoms with E-state index in [1.807, 2.05) is 47.9 Å². The maximum absolute atomic E-state index is 11.6. The molecule has 0 saturated carbocycles. The number of ether oxygens (including phenoxy) is 1. The average Bonchev–Trinajstić information content (AvgIpc) is 3.02. The fraction of sp³-hybridized carbons (Fsp3) is 0.125. The van der Waals surface area contributed by atoms with Gasteiger partial charge in [0.1, 0.15) is 11.4 Å². The number of benzene rings is 1. The van der Waals surface area contributed by atoms with E-state index in [0.29, 0.717) is 0 Å². The highest BCUT2D eigenvalue weighted by atomic mass is 16.5. The summed E-state index contributed by atoms with van der Waals surface area (Å²) >= 11 is 0. The van der Waals surface area contributed by atoms with E-state index in [1.165, 1.54) is 0 Å². The van der Waals surface area contributed by atoms with Crippen molar-refractivity contribution in [3.63, 3.8) is 0 Å². The second kappa shape index (κ2) is 5.40. The van der Waals surface area contributed by atoms with Crippen LogP contribution in [0, 0.1) is 6.92 Å². The van der Waals surface area contributed by atoms with E-state index in [2.05, 4.69) is 10.6 Å². The minimum Gasteiger partial charge on any atom is -0.497 e. The van der Waals surface area contributed by atoms with E-state index in [-0.39, 0.29) is 5.70 Å². The molecule has 1 aromatic carbocycles. The lowest BCUT2D eigenvalue weighted by Crippen LogP contribution is -2.22. The Bertz CT molecular complexity index is 772. The Morgan fingerprint density at radius 2 is 1.77 bits per heavy atom. The standard InChI is InChI=1S/C16H15N3O3/c1-10-3-4-12(9-14-15(20)18-16(21)17-14)19(10)11-5-7-13(22-2)8-6-11/h3-9H,1-2H3,(H2,17,18,20,21)/b14-9+. The number of nitrogens with zero attached hydrogens (tertiary/aromatic N) is 1. The molecule has 0 radical (unpaired) electrons. The maximum atomic E-state index is 11.6. The van der Waals surface area contributed by atoms with Crippen LogP contribution in [0.2, 0.25) is 0 Å². The third-order valence-corrected chi connectivity index (χ3v) is 3.45. The summed E-state index contributed by atoms with van der Waals surface area (Å²) in [6.45, 7) is 1.97. The number of aromatic nitrogens is 1. The van der Waals surface area contributed by atoms with Crippen molar-refractivity contribution in [3.8, 4) is 11.4 Å². The molecule has 0 spiro atoms. The number of rotatable bonds is 3. The first-order valence-electron chi connectivity index (χ1n) is 6.75. The molecule has 1 aliphatic heterocycles. The first-order valence-corrected chi connectivity index (χ1v) is 6.75. The smallest absolute Gasteiger partial charge is 0.326 e. The van der Waals surface area contributed by atoms with E-state index in [0.717, 1.165) is 22.8 Å². The van der Waals surface area contributed by atoms with Crippen molar-refractivity contribution in [2.75, 3.05) is 7.11 Å². The molecule has 1 aromatic heterocycles. The molecule has 112 valence electrons. The Balaban J connectivity index is 2.02. The van der Waals surface area contributed by atoms with E-state index >= 15 is 0 Å². The van der Waals surface area contributed by atoms with E-state index < -0.39 is 11.9 Å². The Hall–Kier alpha value is -3.02. The Morgan fingerprint density at radius 1 is 1.05 bits per heavy atom. The molecule has 0 atom stereocenters. The van der Waals surface area contributed by atoms with Gasteiger partial charge in [0, 0.05) is 17.1 Å². The van der Waals surface area contributed by atoms with Crippen LogP contribution >= 0.6 is 0 Å². The zero-order chi connectivity index (χ0) is 15.7. The lowest BCUT2D eigenvalue weighted by Gasteiger charge is -2.10. The summed E-state index contributed by atoms with van der Waals surface area (Å²) in [6.07, 6.45) is 1.65. The van der Waals surface area contributed by atoms with Gasteiger partial charge in [0.05, 0.1) is 7.11 Å². The Morgan fingerprint density at radius 3 is 2.36 bits per heavy atom. The number of amides is 3. The third kappa shape index (κ3) is 2.46. The molecule has 2 N–H and O–H groups in total. The zero-order valence-electron chi connectivity index (χ0n) is 12.2. The Labute approximate surface area is 127 Å². The summed E-state index contributed by atoms with van der Waals surface area (Å²) in [6, 6.07) is 10.9. The molecule has 6 nitrogen and oxygen atoms in total. The van der Waals surface area contributed by atoms with Gasteiger partial charge in [0.2, 0.25) is 0 Å². The first-order chi connectivity index (χ1) is 10.6. The van der Waals surface area contributed by atoms with Gasteiger partial charge >= 0.3 is 6.03 Å². The number of nitrogens with one attached hydrogen (secondary N) is 2. The van der Waals surface area contributed by atoms with E-state index in [1.54, 1.807) is 13.2 Å². The van der Waals surface area contributed by atoms with Crippen LogP contribution in [0.4, 0.5) is 4.79 Å². The number of urea groups is 1. The van der Waals surface area contributed by atoms with Gasteiger partial charge in [-0.3, -0.25) is 10.1 Å².